The van der Waals surface area contributed by atoms with Crippen LogP contribution in [0.4, 0.5) is 5.13 Å². The van der Waals surface area contributed by atoms with E-state index in [1.807, 2.05) is 5.38 Å². The van der Waals surface area contributed by atoms with Crippen LogP contribution in [0, 0.1) is 0 Å². The topological polar surface area (TPSA) is 118 Å². The fourth-order valence-corrected chi connectivity index (χ4v) is 5.75. The summed E-state index contributed by atoms with van der Waals surface area (Å²) in [4.78, 5) is 29.8. The molecule has 4 heterocycles. The molecule has 0 bridgehead atoms. The van der Waals surface area contributed by atoms with Gasteiger partial charge in [0.25, 0.3) is 12.4 Å². The summed E-state index contributed by atoms with van der Waals surface area (Å²) in [7, 11) is 0. The maximum Gasteiger partial charge on any atom is 0.290 e. The Morgan fingerprint density at radius 2 is 2.20 bits per heavy atom. The molecule has 10 heteroatoms. The average Bonchev–Trinajstić information content (AvgIpc) is 3.36. The van der Waals surface area contributed by atoms with Gasteiger partial charge in [-0.25, -0.2) is 4.98 Å². The minimum Gasteiger partial charge on any atom is -0.483 e. The van der Waals surface area contributed by atoms with Crippen molar-refractivity contribution in [3.05, 3.63) is 32.5 Å². The number of amides is 1. The van der Waals surface area contributed by atoms with Crippen LogP contribution >= 0.6 is 22.7 Å². The number of fused-ring (bicyclic) bond motifs is 2. The van der Waals surface area contributed by atoms with Crippen molar-refractivity contribution in [3.8, 4) is 0 Å². The number of nitrogen functional groups attached to an aromatic ring is 1. The van der Waals surface area contributed by atoms with Gasteiger partial charge in [-0.2, -0.15) is 0 Å². The van der Waals surface area contributed by atoms with E-state index in [9.17, 15) is 4.79 Å². The minimum absolute atomic E-state index is 0.00116. The van der Waals surface area contributed by atoms with Crippen molar-refractivity contribution in [3.63, 3.8) is 0 Å². The number of thiazole rings is 1. The van der Waals surface area contributed by atoms with Gasteiger partial charge in [-0.15, -0.1) is 22.7 Å². The third-order valence-electron chi connectivity index (χ3n) is 5.58. The SMILES string of the molecule is CCN1CCC2(CC1)OCCc1sc(C(=O)NCCc3csc(N)n3)cc12.O=CO. The van der Waals surface area contributed by atoms with Crippen LogP contribution in [0.25, 0.3) is 0 Å². The summed E-state index contributed by atoms with van der Waals surface area (Å²) in [6.07, 6.45) is 3.63. The Hall–Kier alpha value is -2.01. The summed E-state index contributed by atoms with van der Waals surface area (Å²) in [5, 5.41) is 12.4. The minimum atomic E-state index is -0.250. The van der Waals surface area contributed by atoms with Crippen molar-refractivity contribution in [2.75, 3.05) is 38.5 Å². The van der Waals surface area contributed by atoms with E-state index in [1.165, 1.54) is 21.8 Å². The van der Waals surface area contributed by atoms with Crippen molar-refractivity contribution in [2.45, 2.75) is 38.2 Å². The summed E-state index contributed by atoms with van der Waals surface area (Å²) < 4.78 is 6.29. The summed E-state index contributed by atoms with van der Waals surface area (Å²) in [5.74, 6) is -0.00116. The van der Waals surface area contributed by atoms with Crippen molar-refractivity contribution in [2.24, 2.45) is 0 Å². The fourth-order valence-electron chi connectivity index (χ4n) is 4.00. The Labute approximate surface area is 184 Å². The lowest BCUT2D eigenvalue weighted by atomic mass is 9.82. The highest BCUT2D eigenvalue weighted by atomic mass is 32.1. The molecule has 4 rings (SSSR count). The Bertz CT molecular complexity index is 859. The van der Waals surface area contributed by atoms with E-state index in [-0.39, 0.29) is 18.0 Å². The molecule has 2 aliphatic rings. The van der Waals surface area contributed by atoms with Gasteiger partial charge in [0.2, 0.25) is 0 Å². The zero-order valence-corrected chi connectivity index (χ0v) is 18.7. The van der Waals surface area contributed by atoms with Gasteiger partial charge in [0, 0.05) is 42.7 Å². The highest BCUT2D eigenvalue weighted by molar-refractivity contribution is 7.14. The van der Waals surface area contributed by atoms with Crippen LogP contribution in [-0.2, 0) is 28.0 Å². The number of rotatable bonds is 5. The Kier molecular flexibility index (Phi) is 7.81. The van der Waals surface area contributed by atoms with E-state index in [0.717, 1.165) is 56.1 Å². The van der Waals surface area contributed by atoms with E-state index < -0.39 is 0 Å². The molecule has 0 saturated carbocycles. The van der Waals surface area contributed by atoms with Crippen LogP contribution < -0.4 is 11.1 Å². The molecule has 1 amide bonds. The molecule has 0 radical (unpaired) electrons. The van der Waals surface area contributed by atoms with E-state index >= 15 is 0 Å². The van der Waals surface area contributed by atoms with Crippen LogP contribution in [-0.4, -0.2) is 60.2 Å². The lowest BCUT2D eigenvalue weighted by molar-refractivity contribution is -0.122. The van der Waals surface area contributed by atoms with Crippen LogP contribution in [0.2, 0.25) is 0 Å². The highest BCUT2D eigenvalue weighted by Crippen LogP contribution is 2.44. The first-order chi connectivity index (χ1) is 14.5. The number of nitrogens with one attached hydrogen (secondary N) is 1. The number of hydrogen-bond acceptors (Lipinski definition) is 8. The van der Waals surface area contributed by atoms with Crippen LogP contribution in [0.3, 0.4) is 0 Å². The second-order valence-corrected chi connectivity index (χ2v) is 9.29. The lowest BCUT2D eigenvalue weighted by Gasteiger charge is -2.43. The molecule has 1 saturated heterocycles. The predicted octanol–water partition coefficient (Wildman–Crippen LogP) is 2.34. The number of carboxylic acid groups (broad SMARTS) is 1. The third kappa shape index (κ3) is 5.18. The molecular formula is C20H28N4O4S2. The number of piperidine rings is 1. The molecule has 164 valence electrons. The van der Waals surface area contributed by atoms with Gasteiger partial charge >= 0.3 is 0 Å². The van der Waals surface area contributed by atoms with Gasteiger partial charge in [-0.05, 0) is 31.0 Å². The number of nitrogens with two attached hydrogens (primary N) is 1. The summed E-state index contributed by atoms with van der Waals surface area (Å²) in [6.45, 7) is 6.49. The van der Waals surface area contributed by atoms with Crippen LogP contribution in [0.5, 0.6) is 0 Å². The maximum absolute atomic E-state index is 12.6. The lowest BCUT2D eigenvalue weighted by Crippen LogP contribution is -2.46. The fraction of sp³-hybridized carbons (Fsp3) is 0.550. The van der Waals surface area contributed by atoms with Crippen molar-refractivity contribution in [1.29, 1.82) is 0 Å². The number of likely N-dealkylation sites (tertiary alicyclic amines) is 1. The van der Waals surface area contributed by atoms with Gasteiger partial charge in [0.15, 0.2) is 5.13 Å². The smallest absolute Gasteiger partial charge is 0.290 e. The monoisotopic (exact) mass is 452 g/mol. The zero-order chi connectivity index (χ0) is 21.6. The van der Waals surface area contributed by atoms with E-state index in [4.69, 9.17) is 20.4 Å². The molecule has 1 spiro atoms. The van der Waals surface area contributed by atoms with Crippen molar-refractivity contribution < 1.29 is 19.4 Å². The second-order valence-electron chi connectivity index (χ2n) is 7.26. The molecule has 0 atom stereocenters. The van der Waals surface area contributed by atoms with Crippen molar-refractivity contribution >= 4 is 40.2 Å². The first-order valence-corrected chi connectivity index (χ1v) is 11.8. The maximum atomic E-state index is 12.6. The molecule has 2 aromatic heterocycles. The molecule has 2 aromatic rings. The number of hydrogen-bond donors (Lipinski definition) is 3. The van der Waals surface area contributed by atoms with E-state index in [2.05, 4.69) is 28.2 Å². The zero-order valence-electron chi connectivity index (χ0n) is 17.1. The molecule has 8 nitrogen and oxygen atoms in total. The molecule has 2 aliphatic heterocycles. The summed E-state index contributed by atoms with van der Waals surface area (Å²) in [5.41, 5.74) is 7.65. The van der Waals surface area contributed by atoms with Gasteiger partial charge < -0.3 is 25.8 Å². The average molecular weight is 453 g/mol. The van der Waals surface area contributed by atoms with Gasteiger partial charge in [0.1, 0.15) is 0 Å². The van der Waals surface area contributed by atoms with Crippen LogP contribution in [0.15, 0.2) is 11.4 Å². The molecule has 0 unspecified atom stereocenters. The normalized spacial score (nSPS) is 17.6. The number of carbonyl (C=O) groups is 2. The molecule has 1 fully saturated rings. The Morgan fingerprint density at radius 3 is 2.83 bits per heavy atom. The predicted molar refractivity (Wildman–Crippen MR) is 118 cm³/mol. The Morgan fingerprint density at radius 1 is 1.47 bits per heavy atom. The molecular weight excluding hydrogens is 424 g/mol. The first kappa shape index (κ1) is 22.7. The number of aromatic nitrogens is 1. The standard InChI is InChI=1S/C19H26N4O2S2.CH2O2/c1-2-23-8-5-19(6-9-23)14-11-16(27-15(14)4-10-25-19)17(24)21-7-3-13-12-26-18(20)22-13;2-1-3/h11-12H,2-10H2,1H3,(H2,20,22)(H,21,24);1H,(H,2,3). The first-order valence-electron chi connectivity index (χ1n) is 10.1. The number of ether oxygens (including phenoxy) is 1. The number of thiophene rings is 1. The Balaban J connectivity index is 0.000000806. The molecule has 0 aliphatic carbocycles. The van der Waals surface area contributed by atoms with Gasteiger partial charge in [-0.3, -0.25) is 9.59 Å². The summed E-state index contributed by atoms with van der Waals surface area (Å²) in [6, 6.07) is 2.08. The van der Waals surface area contributed by atoms with E-state index in [0.29, 0.717) is 18.1 Å². The van der Waals surface area contributed by atoms with Crippen LogP contribution in [0.1, 0.15) is 45.6 Å². The highest BCUT2D eigenvalue weighted by Gasteiger charge is 2.42. The second kappa shape index (κ2) is 10.3. The number of nitrogens with zero attached hydrogens (tertiary/aromatic N) is 2. The largest absolute Gasteiger partial charge is 0.483 e. The number of anilines is 1. The molecule has 0 aromatic carbocycles. The summed E-state index contributed by atoms with van der Waals surface area (Å²) >= 11 is 3.06. The molecule has 30 heavy (non-hydrogen) atoms. The molecule has 4 N–H and O–H groups in total. The van der Waals surface area contributed by atoms with E-state index in [1.54, 1.807) is 11.3 Å². The van der Waals surface area contributed by atoms with Gasteiger partial charge in [0.05, 0.1) is 22.8 Å². The quantitative estimate of drug-likeness (QED) is 0.596. The van der Waals surface area contributed by atoms with Gasteiger partial charge in [-0.1, -0.05) is 6.92 Å². The third-order valence-corrected chi connectivity index (χ3v) is 7.49. The van der Waals surface area contributed by atoms with Crippen molar-refractivity contribution in [1.82, 2.24) is 15.2 Å². The number of carbonyl (C=O) groups excluding carboxylic acids is 1.